The van der Waals surface area contributed by atoms with E-state index in [-0.39, 0.29) is 5.91 Å². The highest BCUT2D eigenvalue weighted by Crippen LogP contribution is 2.04. The molecule has 0 fully saturated rings. The first-order chi connectivity index (χ1) is 7.74. The molecule has 0 bridgehead atoms. The van der Waals surface area contributed by atoms with Crippen LogP contribution in [-0.4, -0.2) is 16.9 Å². The molecule has 0 radical (unpaired) electrons. The fourth-order valence-corrected chi connectivity index (χ4v) is 2.03. The number of hydrogen-bond acceptors (Lipinski definition) is 1. The van der Waals surface area contributed by atoms with E-state index < -0.39 is 0 Å². The summed E-state index contributed by atoms with van der Waals surface area (Å²) in [7, 11) is 0. The maximum atomic E-state index is 11.7. The lowest BCUT2D eigenvalue weighted by Gasteiger charge is -2.05. The molecule has 0 aliphatic heterocycles. The van der Waals surface area contributed by atoms with Gasteiger partial charge in [0.1, 0.15) is 0 Å². The first-order valence-electron chi connectivity index (χ1n) is 5.65. The predicted molar refractivity (Wildman–Crippen MR) is 76.3 cm³/mol. The molecule has 2 nitrogen and oxygen atoms in total. The highest BCUT2D eigenvalue weighted by Gasteiger charge is 2.03. The summed E-state index contributed by atoms with van der Waals surface area (Å²) >= 11 is 2.38. The lowest BCUT2D eigenvalue weighted by Crippen LogP contribution is -2.24. The maximum absolute atomic E-state index is 11.7. The molecule has 0 saturated heterocycles. The van der Waals surface area contributed by atoms with Crippen LogP contribution in [0.3, 0.4) is 0 Å². The topological polar surface area (TPSA) is 29.1 Å². The van der Waals surface area contributed by atoms with Crippen LogP contribution in [-0.2, 0) is 0 Å². The van der Waals surface area contributed by atoms with Crippen LogP contribution >= 0.6 is 22.6 Å². The van der Waals surface area contributed by atoms with Crippen LogP contribution in [0.25, 0.3) is 0 Å². The average molecular weight is 331 g/mol. The van der Waals surface area contributed by atoms with E-state index in [0.717, 1.165) is 24.1 Å². The number of aryl methyl sites for hydroxylation is 1. The molecule has 1 aromatic rings. The van der Waals surface area contributed by atoms with Crippen LogP contribution in [0.15, 0.2) is 24.3 Å². The van der Waals surface area contributed by atoms with E-state index >= 15 is 0 Å². The minimum absolute atomic E-state index is 0.0400. The monoisotopic (exact) mass is 331 g/mol. The Morgan fingerprint density at radius 1 is 1.31 bits per heavy atom. The van der Waals surface area contributed by atoms with Gasteiger partial charge >= 0.3 is 0 Å². The van der Waals surface area contributed by atoms with Gasteiger partial charge in [0.05, 0.1) is 0 Å². The Labute approximate surface area is 111 Å². The number of halogens is 1. The molecule has 0 aliphatic rings. The summed E-state index contributed by atoms with van der Waals surface area (Å²) in [5, 5.41) is 2.94. The van der Waals surface area contributed by atoms with Crippen LogP contribution in [0.4, 0.5) is 0 Å². The number of hydrogen-bond donors (Lipinski definition) is 1. The summed E-state index contributed by atoms with van der Waals surface area (Å²) < 4.78 is 1.20. The van der Waals surface area contributed by atoms with Crippen LogP contribution < -0.4 is 5.32 Å². The van der Waals surface area contributed by atoms with Crippen molar-refractivity contribution < 1.29 is 4.79 Å². The minimum Gasteiger partial charge on any atom is -0.352 e. The number of amides is 1. The molecule has 1 rings (SSSR count). The van der Waals surface area contributed by atoms with Crippen LogP contribution in [0.5, 0.6) is 0 Å². The second-order valence-corrected chi connectivity index (χ2v) is 4.95. The molecule has 0 saturated carbocycles. The van der Waals surface area contributed by atoms with E-state index in [1.165, 1.54) is 17.3 Å². The highest BCUT2D eigenvalue weighted by atomic mass is 127. The Bertz CT molecular complexity index is 338. The zero-order valence-electron chi connectivity index (χ0n) is 9.63. The van der Waals surface area contributed by atoms with E-state index in [1.807, 2.05) is 31.2 Å². The molecule has 1 N–H and O–H groups in total. The maximum Gasteiger partial charge on any atom is 0.251 e. The van der Waals surface area contributed by atoms with Crippen molar-refractivity contribution in [3.8, 4) is 0 Å². The summed E-state index contributed by atoms with van der Waals surface area (Å²) in [6.07, 6.45) is 3.50. The number of carbonyl (C=O) groups is 1. The van der Waals surface area contributed by atoms with E-state index in [2.05, 4.69) is 27.9 Å². The standard InChI is InChI=1S/C13H18INO/c1-11-6-5-7-12(10-11)13(16)15-9-4-2-3-8-14/h5-7,10H,2-4,8-9H2,1H3,(H,15,16). The Kier molecular flexibility index (Phi) is 6.45. The van der Waals surface area contributed by atoms with Gasteiger partial charge in [0.15, 0.2) is 0 Å². The number of benzene rings is 1. The van der Waals surface area contributed by atoms with Gasteiger partial charge in [-0.2, -0.15) is 0 Å². The van der Waals surface area contributed by atoms with Gasteiger partial charge in [0.25, 0.3) is 5.91 Å². The van der Waals surface area contributed by atoms with Gasteiger partial charge < -0.3 is 5.32 Å². The third-order valence-electron chi connectivity index (χ3n) is 2.38. The zero-order chi connectivity index (χ0) is 11.8. The molecule has 0 atom stereocenters. The summed E-state index contributed by atoms with van der Waals surface area (Å²) in [6, 6.07) is 7.69. The highest BCUT2D eigenvalue weighted by molar-refractivity contribution is 14.1. The molecule has 0 unspecified atom stereocenters. The van der Waals surface area contributed by atoms with Crippen molar-refractivity contribution >= 4 is 28.5 Å². The molecule has 3 heteroatoms. The van der Waals surface area contributed by atoms with E-state index in [4.69, 9.17) is 0 Å². The second kappa shape index (κ2) is 7.65. The summed E-state index contributed by atoms with van der Waals surface area (Å²) in [4.78, 5) is 11.7. The molecule has 0 aromatic heterocycles. The second-order valence-electron chi connectivity index (χ2n) is 3.88. The third-order valence-corrected chi connectivity index (χ3v) is 3.14. The van der Waals surface area contributed by atoms with Crippen LogP contribution in [0, 0.1) is 6.92 Å². The van der Waals surface area contributed by atoms with Crippen LogP contribution in [0.2, 0.25) is 0 Å². The Morgan fingerprint density at radius 3 is 2.81 bits per heavy atom. The predicted octanol–water partition coefficient (Wildman–Crippen LogP) is 3.33. The Morgan fingerprint density at radius 2 is 2.12 bits per heavy atom. The van der Waals surface area contributed by atoms with Gasteiger partial charge in [-0.15, -0.1) is 0 Å². The molecular weight excluding hydrogens is 313 g/mol. The van der Waals surface area contributed by atoms with E-state index in [9.17, 15) is 4.79 Å². The van der Waals surface area contributed by atoms with Crippen molar-refractivity contribution in [2.45, 2.75) is 26.2 Å². The van der Waals surface area contributed by atoms with Crippen molar-refractivity contribution in [2.24, 2.45) is 0 Å². The zero-order valence-corrected chi connectivity index (χ0v) is 11.8. The quantitative estimate of drug-likeness (QED) is 0.484. The van der Waals surface area contributed by atoms with Gasteiger partial charge in [-0.3, -0.25) is 4.79 Å². The van der Waals surface area contributed by atoms with Gasteiger partial charge in [-0.05, 0) is 36.3 Å². The molecule has 88 valence electrons. The number of alkyl halides is 1. The Hall–Kier alpha value is -0.580. The molecule has 0 spiro atoms. The first-order valence-corrected chi connectivity index (χ1v) is 7.17. The number of unbranched alkanes of at least 4 members (excludes halogenated alkanes) is 2. The van der Waals surface area contributed by atoms with Crippen molar-refractivity contribution in [2.75, 3.05) is 11.0 Å². The molecular formula is C13H18INO. The first kappa shape index (κ1) is 13.5. The molecule has 0 heterocycles. The summed E-state index contributed by atoms with van der Waals surface area (Å²) in [6.45, 7) is 2.78. The number of carbonyl (C=O) groups excluding carboxylic acids is 1. The van der Waals surface area contributed by atoms with Crippen molar-refractivity contribution in [1.82, 2.24) is 5.32 Å². The fourth-order valence-electron chi connectivity index (χ4n) is 1.49. The van der Waals surface area contributed by atoms with Gasteiger partial charge in [0.2, 0.25) is 0 Å². The molecule has 1 amide bonds. The van der Waals surface area contributed by atoms with E-state index in [1.54, 1.807) is 0 Å². The largest absolute Gasteiger partial charge is 0.352 e. The van der Waals surface area contributed by atoms with Crippen LogP contribution in [0.1, 0.15) is 35.2 Å². The number of rotatable bonds is 6. The Balaban J connectivity index is 2.30. The SMILES string of the molecule is Cc1cccc(C(=O)NCCCCCI)c1. The lowest BCUT2D eigenvalue weighted by atomic mass is 10.1. The van der Waals surface area contributed by atoms with Crippen molar-refractivity contribution in [3.05, 3.63) is 35.4 Å². The minimum atomic E-state index is 0.0400. The molecule has 0 aliphatic carbocycles. The summed E-state index contributed by atoms with van der Waals surface area (Å²) in [5.41, 5.74) is 1.88. The van der Waals surface area contributed by atoms with Gasteiger partial charge in [-0.1, -0.05) is 46.7 Å². The third kappa shape index (κ3) is 4.96. The lowest BCUT2D eigenvalue weighted by molar-refractivity contribution is 0.0953. The normalized spacial score (nSPS) is 10.1. The summed E-state index contributed by atoms with van der Waals surface area (Å²) in [5.74, 6) is 0.0400. The van der Waals surface area contributed by atoms with Crippen molar-refractivity contribution in [3.63, 3.8) is 0 Å². The fraction of sp³-hybridized carbons (Fsp3) is 0.462. The van der Waals surface area contributed by atoms with Crippen molar-refractivity contribution in [1.29, 1.82) is 0 Å². The average Bonchev–Trinajstić information content (AvgIpc) is 2.28. The molecule has 1 aromatic carbocycles. The molecule has 16 heavy (non-hydrogen) atoms. The van der Waals surface area contributed by atoms with Gasteiger partial charge in [-0.25, -0.2) is 0 Å². The van der Waals surface area contributed by atoms with Gasteiger partial charge in [0, 0.05) is 12.1 Å². The smallest absolute Gasteiger partial charge is 0.251 e. The van der Waals surface area contributed by atoms with E-state index in [0.29, 0.717) is 0 Å². The number of nitrogens with one attached hydrogen (secondary N) is 1.